The van der Waals surface area contributed by atoms with Crippen LogP contribution in [0, 0.1) is 5.82 Å². The Labute approximate surface area is 156 Å². The molecule has 0 spiro atoms. The van der Waals surface area contributed by atoms with E-state index in [1.165, 1.54) is 23.9 Å². The minimum atomic E-state index is -0.378. The molecule has 0 saturated carbocycles. The second-order valence-corrected chi connectivity index (χ2v) is 6.51. The monoisotopic (exact) mass is 375 g/mol. The van der Waals surface area contributed by atoms with Crippen molar-refractivity contribution in [2.75, 3.05) is 23.7 Å². The Hall–Kier alpha value is -2.54. The second kappa shape index (κ2) is 9.82. The first-order valence-corrected chi connectivity index (χ1v) is 9.34. The van der Waals surface area contributed by atoms with Gasteiger partial charge in [-0.3, -0.25) is 20.4 Å². The van der Waals surface area contributed by atoms with Crippen molar-refractivity contribution in [1.82, 2.24) is 10.9 Å². The maximum atomic E-state index is 12.8. The van der Waals surface area contributed by atoms with E-state index in [0.717, 1.165) is 23.7 Å². The molecule has 5 nitrogen and oxygen atoms in total. The molecule has 2 N–H and O–H groups in total. The van der Waals surface area contributed by atoms with Crippen molar-refractivity contribution in [2.45, 2.75) is 18.7 Å². The molecule has 0 aromatic heterocycles. The van der Waals surface area contributed by atoms with Crippen LogP contribution in [0.2, 0.25) is 0 Å². The largest absolute Gasteiger partial charge is 0.372 e. The molecule has 2 aromatic carbocycles. The SMILES string of the molecule is CCN(CC)c1ccc(C(=O)NNC(=O)CSc2ccc(F)cc2)cc1. The smallest absolute Gasteiger partial charge is 0.269 e. The predicted molar refractivity (Wildman–Crippen MR) is 103 cm³/mol. The van der Waals surface area contributed by atoms with Crippen molar-refractivity contribution in [3.05, 3.63) is 59.9 Å². The van der Waals surface area contributed by atoms with Crippen LogP contribution in [0.4, 0.5) is 10.1 Å². The third-order valence-electron chi connectivity index (χ3n) is 3.76. The Morgan fingerprint density at radius 2 is 1.58 bits per heavy atom. The lowest BCUT2D eigenvalue weighted by Gasteiger charge is -2.21. The first kappa shape index (κ1) is 19.8. The molecule has 0 saturated heterocycles. The molecule has 0 radical (unpaired) electrons. The number of anilines is 1. The topological polar surface area (TPSA) is 61.4 Å². The first-order valence-electron chi connectivity index (χ1n) is 8.36. The minimum absolute atomic E-state index is 0.118. The Balaban J connectivity index is 1.80. The summed E-state index contributed by atoms with van der Waals surface area (Å²) in [5.74, 6) is -0.922. The fraction of sp³-hybridized carbons (Fsp3) is 0.263. The number of hydrogen-bond donors (Lipinski definition) is 2. The number of amides is 2. The summed E-state index contributed by atoms with van der Waals surface area (Å²) in [7, 11) is 0. The van der Waals surface area contributed by atoms with Gasteiger partial charge in [0.1, 0.15) is 5.82 Å². The van der Waals surface area contributed by atoms with Crippen molar-refractivity contribution in [1.29, 1.82) is 0 Å². The molecular weight excluding hydrogens is 353 g/mol. The van der Waals surface area contributed by atoms with Crippen LogP contribution in [0.25, 0.3) is 0 Å². The minimum Gasteiger partial charge on any atom is -0.372 e. The van der Waals surface area contributed by atoms with Gasteiger partial charge in [-0.25, -0.2) is 4.39 Å². The zero-order valence-corrected chi connectivity index (χ0v) is 15.6. The number of carbonyl (C=O) groups is 2. The number of hydrogen-bond acceptors (Lipinski definition) is 4. The van der Waals surface area contributed by atoms with E-state index in [2.05, 4.69) is 29.6 Å². The molecule has 0 fully saturated rings. The van der Waals surface area contributed by atoms with Gasteiger partial charge in [0.25, 0.3) is 5.91 Å². The van der Waals surface area contributed by atoms with Crippen molar-refractivity contribution < 1.29 is 14.0 Å². The van der Waals surface area contributed by atoms with Crippen LogP contribution in [0.5, 0.6) is 0 Å². The molecule has 0 aliphatic heterocycles. The lowest BCUT2D eigenvalue weighted by atomic mass is 10.2. The highest BCUT2D eigenvalue weighted by atomic mass is 32.2. The lowest BCUT2D eigenvalue weighted by Crippen LogP contribution is -2.42. The van der Waals surface area contributed by atoms with E-state index >= 15 is 0 Å². The van der Waals surface area contributed by atoms with Gasteiger partial charge >= 0.3 is 0 Å². The van der Waals surface area contributed by atoms with E-state index in [-0.39, 0.29) is 23.4 Å². The average molecular weight is 375 g/mol. The van der Waals surface area contributed by atoms with Gasteiger partial charge in [-0.15, -0.1) is 11.8 Å². The third kappa shape index (κ3) is 5.77. The quantitative estimate of drug-likeness (QED) is 0.576. The maximum Gasteiger partial charge on any atom is 0.269 e. The van der Waals surface area contributed by atoms with Crippen LogP contribution in [-0.2, 0) is 4.79 Å². The van der Waals surface area contributed by atoms with E-state index in [0.29, 0.717) is 5.56 Å². The van der Waals surface area contributed by atoms with E-state index < -0.39 is 0 Å². The van der Waals surface area contributed by atoms with Gasteiger partial charge in [-0.05, 0) is 62.4 Å². The number of rotatable bonds is 7. The highest BCUT2D eigenvalue weighted by Crippen LogP contribution is 2.17. The number of nitrogens with zero attached hydrogens (tertiary/aromatic N) is 1. The highest BCUT2D eigenvalue weighted by Gasteiger charge is 2.09. The molecule has 0 atom stereocenters. The zero-order chi connectivity index (χ0) is 18.9. The summed E-state index contributed by atoms with van der Waals surface area (Å²) in [6.07, 6.45) is 0. The molecule has 2 aromatic rings. The van der Waals surface area contributed by atoms with Gasteiger partial charge in [-0.2, -0.15) is 0 Å². The van der Waals surface area contributed by atoms with Crippen LogP contribution >= 0.6 is 11.8 Å². The molecule has 26 heavy (non-hydrogen) atoms. The number of hydrazine groups is 1. The van der Waals surface area contributed by atoms with Crippen molar-refractivity contribution >= 4 is 29.3 Å². The Morgan fingerprint density at radius 1 is 0.962 bits per heavy atom. The number of thioether (sulfide) groups is 1. The van der Waals surface area contributed by atoms with Crippen molar-refractivity contribution in [2.24, 2.45) is 0 Å². The molecular formula is C19H22FN3O2S. The Kier molecular flexibility index (Phi) is 7.47. The molecule has 0 aliphatic rings. The van der Waals surface area contributed by atoms with Crippen LogP contribution in [-0.4, -0.2) is 30.7 Å². The Morgan fingerprint density at radius 3 is 2.15 bits per heavy atom. The summed E-state index contributed by atoms with van der Waals surface area (Å²) >= 11 is 1.26. The van der Waals surface area contributed by atoms with Crippen LogP contribution < -0.4 is 15.8 Å². The molecule has 0 heterocycles. The van der Waals surface area contributed by atoms with Crippen molar-refractivity contribution in [3.63, 3.8) is 0 Å². The van der Waals surface area contributed by atoms with Crippen LogP contribution in [0.3, 0.4) is 0 Å². The van der Waals surface area contributed by atoms with E-state index in [9.17, 15) is 14.0 Å². The highest BCUT2D eigenvalue weighted by molar-refractivity contribution is 8.00. The second-order valence-electron chi connectivity index (χ2n) is 5.46. The summed E-state index contributed by atoms with van der Waals surface area (Å²) in [5.41, 5.74) is 6.29. The van der Waals surface area contributed by atoms with E-state index in [4.69, 9.17) is 0 Å². The molecule has 2 amide bonds. The van der Waals surface area contributed by atoms with Gasteiger partial charge in [0.2, 0.25) is 5.91 Å². The fourth-order valence-corrected chi connectivity index (χ4v) is 3.03. The average Bonchev–Trinajstić information content (AvgIpc) is 2.67. The van der Waals surface area contributed by atoms with Crippen LogP contribution in [0.15, 0.2) is 53.4 Å². The summed E-state index contributed by atoms with van der Waals surface area (Å²) in [5, 5.41) is 0. The maximum absolute atomic E-state index is 12.8. The predicted octanol–water partition coefficient (Wildman–Crippen LogP) is 3.23. The van der Waals surface area contributed by atoms with Crippen LogP contribution in [0.1, 0.15) is 24.2 Å². The number of halogens is 1. The fourth-order valence-electron chi connectivity index (χ4n) is 2.33. The molecule has 138 valence electrons. The lowest BCUT2D eigenvalue weighted by molar-refractivity contribution is -0.119. The normalized spacial score (nSPS) is 10.3. The summed E-state index contributed by atoms with van der Waals surface area (Å²) in [6.45, 7) is 5.93. The molecule has 0 aliphatic carbocycles. The van der Waals surface area contributed by atoms with E-state index in [1.807, 2.05) is 12.1 Å². The van der Waals surface area contributed by atoms with Gasteiger partial charge in [0, 0.05) is 29.2 Å². The Bertz CT molecular complexity index is 731. The van der Waals surface area contributed by atoms with Gasteiger partial charge in [-0.1, -0.05) is 0 Å². The summed E-state index contributed by atoms with van der Waals surface area (Å²) in [6, 6.07) is 13.1. The number of benzene rings is 2. The van der Waals surface area contributed by atoms with Gasteiger partial charge < -0.3 is 4.90 Å². The summed E-state index contributed by atoms with van der Waals surface area (Å²) < 4.78 is 12.8. The van der Waals surface area contributed by atoms with Gasteiger partial charge in [0.15, 0.2) is 0 Å². The first-order chi connectivity index (χ1) is 12.5. The van der Waals surface area contributed by atoms with Crippen molar-refractivity contribution in [3.8, 4) is 0 Å². The number of carbonyl (C=O) groups excluding carboxylic acids is 2. The molecule has 0 bridgehead atoms. The standard InChI is InChI=1S/C19H22FN3O2S/c1-3-23(4-2)16-9-5-14(6-10-16)19(25)22-21-18(24)13-26-17-11-7-15(20)8-12-17/h5-12H,3-4,13H2,1-2H3,(H,21,24)(H,22,25). The summed E-state index contributed by atoms with van der Waals surface area (Å²) in [4.78, 5) is 26.9. The molecule has 2 rings (SSSR count). The van der Waals surface area contributed by atoms with E-state index in [1.54, 1.807) is 24.3 Å². The third-order valence-corrected chi connectivity index (χ3v) is 4.77. The molecule has 0 unspecified atom stereocenters. The zero-order valence-electron chi connectivity index (χ0n) is 14.8. The van der Waals surface area contributed by atoms with Gasteiger partial charge in [0.05, 0.1) is 5.75 Å². The number of nitrogens with one attached hydrogen (secondary N) is 2. The molecule has 7 heteroatoms.